The fourth-order valence-corrected chi connectivity index (χ4v) is 4.13. The number of hydrogen-bond donors (Lipinski definition) is 0. The van der Waals surface area contributed by atoms with Crippen LogP contribution in [-0.4, -0.2) is 52.4 Å². The molecule has 0 aliphatic carbocycles. The zero-order valence-electron chi connectivity index (χ0n) is 15.4. The zero-order valence-corrected chi connectivity index (χ0v) is 17.0. The van der Waals surface area contributed by atoms with Gasteiger partial charge in [-0.05, 0) is 24.6 Å². The Hall–Kier alpha value is -1.57. The van der Waals surface area contributed by atoms with Gasteiger partial charge >= 0.3 is 0 Å². The Morgan fingerprint density at radius 1 is 1.30 bits per heavy atom. The molecule has 1 aliphatic heterocycles. The number of amides is 1. The summed E-state index contributed by atoms with van der Waals surface area (Å²) in [6.07, 6.45) is 3.02. The lowest BCUT2D eigenvalue weighted by atomic mass is 10.2. The molecule has 0 unspecified atom stereocenters. The Morgan fingerprint density at radius 2 is 2.07 bits per heavy atom. The maximum Gasteiger partial charge on any atom is 0.262 e. The number of benzene rings is 1. The molecule has 0 N–H and O–H groups in total. The molecule has 2 aromatic rings. The number of nitrogens with zero attached hydrogens (tertiary/aromatic N) is 3. The van der Waals surface area contributed by atoms with Gasteiger partial charge in [0, 0.05) is 24.7 Å². The number of thioether (sulfide) groups is 1. The number of hydrogen-bond acceptors (Lipinski definition) is 5. The molecule has 0 saturated carbocycles. The van der Waals surface area contributed by atoms with Gasteiger partial charge in [0.2, 0.25) is 5.91 Å². The average molecular weight is 410 g/mol. The summed E-state index contributed by atoms with van der Waals surface area (Å²) in [7, 11) is 0. The van der Waals surface area contributed by atoms with Crippen LogP contribution in [0.4, 0.5) is 0 Å². The largest absolute Gasteiger partial charge is 0.378 e. The van der Waals surface area contributed by atoms with E-state index in [9.17, 15) is 9.59 Å². The minimum Gasteiger partial charge on any atom is -0.378 e. The van der Waals surface area contributed by atoms with Crippen LogP contribution in [0.25, 0.3) is 10.9 Å². The second-order valence-corrected chi connectivity index (χ2v) is 7.88. The molecule has 0 spiro atoms. The fourth-order valence-electron chi connectivity index (χ4n) is 3.03. The molecule has 1 aromatic heterocycles. The standard InChI is InChI=1S/C19H24ClN3O3S/c1-2-3-4-7-23-18(25)15-6-5-14(20)12-16(15)21-19(23)27-13-17(24)22-8-10-26-11-9-22/h5-6,12H,2-4,7-11,13H2,1H3. The summed E-state index contributed by atoms with van der Waals surface area (Å²) in [5.41, 5.74) is 0.495. The van der Waals surface area contributed by atoms with Crippen LogP contribution in [0.1, 0.15) is 26.2 Å². The number of carbonyl (C=O) groups is 1. The van der Waals surface area contributed by atoms with Crippen molar-refractivity contribution in [1.29, 1.82) is 0 Å². The van der Waals surface area contributed by atoms with Gasteiger partial charge in [-0.15, -0.1) is 0 Å². The van der Waals surface area contributed by atoms with E-state index in [0.29, 0.717) is 53.9 Å². The third kappa shape index (κ3) is 5.03. The molecule has 1 fully saturated rings. The second kappa shape index (κ2) is 9.57. The van der Waals surface area contributed by atoms with E-state index in [1.165, 1.54) is 11.8 Å². The van der Waals surface area contributed by atoms with Crippen LogP contribution in [-0.2, 0) is 16.1 Å². The van der Waals surface area contributed by atoms with Crippen LogP contribution in [0.3, 0.4) is 0 Å². The van der Waals surface area contributed by atoms with Gasteiger partial charge in [0.25, 0.3) is 5.56 Å². The monoisotopic (exact) mass is 409 g/mol. The smallest absolute Gasteiger partial charge is 0.262 e. The van der Waals surface area contributed by atoms with E-state index >= 15 is 0 Å². The summed E-state index contributed by atoms with van der Waals surface area (Å²) < 4.78 is 6.99. The number of aromatic nitrogens is 2. The number of carbonyl (C=O) groups excluding carboxylic acids is 1. The van der Waals surface area contributed by atoms with Gasteiger partial charge in [-0.3, -0.25) is 14.2 Å². The molecule has 1 aliphatic rings. The van der Waals surface area contributed by atoms with Crippen molar-refractivity contribution in [2.45, 2.75) is 37.9 Å². The van der Waals surface area contributed by atoms with E-state index in [1.807, 2.05) is 0 Å². The number of rotatable bonds is 7. The molecule has 0 atom stereocenters. The summed E-state index contributed by atoms with van der Waals surface area (Å²) in [4.78, 5) is 31.9. The molecule has 0 bridgehead atoms. The molecule has 1 aromatic carbocycles. The van der Waals surface area contributed by atoms with Crippen molar-refractivity contribution in [2.24, 2.45) is 0 Å². The van der Waals surface area contributed by atoms with Gasteiger partial charge in [-0.1, -0.05) is 43.1 Å². The lowest BCUT2D eigenvalue weighted by molar-refractivity contribution is -0.132. The fraction of sp³-hybridized carbons (Fsp3) is 0.526. The van der Waals surface area contributed by atoms with Crippen molar-refractivity contribution in [2.75, 3.05) is 32.1 Å². The maximum atomic E-state index is 13.0. The molecular weight excluding hydrogens is 386 g/mol. The Morgan fingerprint density at radius 3 is 2.81 bits per heavy atom. The summed E-state index contributed by atoms with van der Waals surface area (Å²) in [5, 5.41) is 1.67. The van der Waals surface area contributed by atoms with Gasteiger partial charge in [0.1, 0.15) is 0 Å². The quantitative estimate of drug-likeness (QED) is 0.399. The Bertz CT molecular complexity index is 865. The number of ether oxygens (including phenoxy) is 1. The normalized spacial score (nSPS) is 14.7. The van der Waals surface area contributed by atoms with Crippen molar-refractivity contribution in [3.8, 4) is 0 Å². The minimum absolute atomic E-state index is 0.0452. The van der Waals surface area contributed by atoms with Crippen molar-refractivity contribution in [3.63, 3.8) is 0 Å². The third-order valence-corrected chi connectivity index (χ3v) is 5.75. The first-order valence-electron chi connectivity index (χ1n) is 9.28. The molecule has 1 saturated heterocycles. The summed E-state index contributed by atoms with van der Waals surface area (Å²) in [6, 6.07) is 5.12. The topological polar surface area (TPSA) is 64.4 Å². The van der Waals surface area contributed by atoms with E-state index in [0.717, 1.165) is 19.3 Å². The highest BCUT2D eigenvalue weighted by molar-refractivity contribution is 7.99. The highest BCUT2D eigenvalue weighted by atomic mass is 35.5. The Kier molecular flexibility index (Phi) is 7.15. The molecular formula is C19H24ClN3O3S. The SMILES string of the molecule is CCCCCn1c(SCC(=O)N2CCOCC2)nc2cc(Cl)ccc2c1=O. The van der Waals surface area contributed by atoms with Crippen LogP contribution >= 0.6 is 23.4 Å². The highest BCUT2D eigenvalue weighted by Gasteiger charge is 2.19. The van der Waals surface area contributed by atoms with E-state index in [4.69, 9.17) is 16.3 Å². The Labute approximate surface area is 167 Å². The van der Waals surface area contributed by atoms with Crippen molar-refractivity contribution in [3.05, 3.63) is 33.6 Å². The molecule has 1 amide bonds. The molecule has 146 valence electrons. The van der Waals surface area contributed by atoms with Gasteiger partial charge < -0.3 is 9.64 Å². The average Bonchev–Trinajstić information content (AvgIpc) is 2.68. The highest BCUT2D eigenvalue weighted by Crippen LogP contribution is 2.21. The zero-order chi connectivity index (χ0) is 19.2. The van der Waals surface area contributed by atoms with E-state index < -0.39 is 0 Å². The first-order chi connectivity index (χ1) is 13.1. The predicted molar refractivity (Wildman–Crippen MR) is 109 cm³/mol. The van der Waals surface area contributed by atoms with Crippen molar-refractivity contribution in [1.82, 2.24) is 14.5 Å². The van der Waals surface area contributed by atoms with E-state index in [2.05, 4.69) is 11.9 Å². The molecule has 2 heterocycles. The van der Waals surface area contributed by atoms with Crippen LogP contribution in [0.2, 0.25) is 5.02 Å². The lowest BCUT2D eigenvalue weighted by Crippen LogP contribution is -2.41. The third-order valence-electron chi connectivity index (χ3n) is 4.56. The number of morpholine rings is 1. The summed E-state index contributed by atoms with van der Waals surface area (Å²) in [5.74, 6) is 0.301. The van der Waals surface area contributed by atoms with Gasteiger partial charge in [0.05, 0.1) is 29.9 Å². The lowest BCUT2D eigenvalue weighted by Gasteiger charge is -2.26. The maximum absolute atomic E-state index is 13.0. The van der Waals surface area contributed by atoms with Crippen LogP contribution < -0.4 is 5.56 Å². The summed E-state index contributed by atoms with van der Waals surface area (Å²) in [6.45, 7) is 5.11. The molecule has 27 heavy (non-hydrogen) atoms. The predicted octanol–water partition coefficient (Wildman–Crippen LogP) is 3.19. The second-order valence-electron chi connectivity index (χ2n) is 6.50. The minimum atomic E-state index is -0.0749. The van der Waals surface area contributed by atoms with Crippen molar-refractivity contribution < 1.29 is 9.53 Å². The molecule has 6 nitrogen and oxygen atoms in total. The first-order valence-corrected chi connectivity index (χ1v) is 10.6. The van der Waals surface area contributed by atoms with Crippen molar-refractivity contribution >= 4 is 40.2 Å². The number of unbranched alkanes of at least 4 members (excludes halogenated alkanes) is 2. The van der Waals surface area contributed by atoms with E-state index in [1.54, 1.807) is 27.7 Å². The molecule has 3 rings (SSSR count). The van der Waals surface area contributed by atoms with Gasteiger partial charge in [-0.2, -0.15) is 0 Å². The molecule has 8 heteroatoms. The van der Waals surface area contributed by atoms with Gasteiger partial charge in [0.15, 0.2) is 5.16 Å². The number of fused-ring (bicyclic) bond motifs is 1. The van der Waals surface area contributed by atoms with E-state index in [-0.39, 0.29) is 17.2 Å². The number of halogens is 1. The Balaban J connectivity index is 1.85. The molecule has 0 radical (unpaired) electrons. The first kappa shape index (κ1) is 20.2. The van der Waals surface area contributed by atoms with Crippen LogP contribution in [0, 0.1) is 0 Å². The van der Waals surface area contributed by atoms with Crippen LogP contribution in [0.5, 0.6) is 0 Å². The summed E-state index contributed by atoms with van der Waals surface area (Å²) >= 11 is 7.38. The van der Waals surface area contributed by atoms with Gasteiger partial charge in [-0.25, -0.2) is 4.98 Å². The van der Waals surface area contributed by atoms with Crippen LogP contribution in [0.15, 0.2) is 28.2 Å².